The summed E-state index contributed by atoms with van der Waals surface area (Å²) >= 11 is 0. The molecule has 1 saturated heterocycles. The molecule has 1 fully saturated rings. The first-order valence-corrected chi connectivity index (χ1v) is 5.56. The van der Waals surface area contributed by atoms with Gasteiger partial charge in [0.2, 0.25) is 11.5 Å². The van der Waals surface area contributed by atoms with Crippen molar-refractivity contribution in [1.29, 1.82) is 0 Å². The zero-order chi connectivity index (χ0) is 14.2. The monoisotopic (exact) mass is 276 g/mol. The van der Waals surface area contributed by atoms with Gasteiger partial charge in [-0.2, -0.15) is 4.39 Å². The molecule has 1 aromatic rings. The normalized spacial score (nSPS) is 31.4. The van der Waals surface area contributed by atoms with Gasteiger partial charge >= 0.3 is 5.69 Å². The number of nitrogens with one attached hydrogen (secondary N) is 1. The van der Waals surface area contributed by atoms with Gasteiger partial charge in [-0.15, -0.1) is 0 Å². The second-order valence-electron chi connectivity index (χ2n) is 4.24. The number of aliphatic hydroxyl groups is 3. The standard InChI is InChI=1S/C10H13FN2O6/c11-5-3-13(9(17)12-8(5)16)10(18)6(15)1-2-19-7(10)4-14/h3,6-7,14-15,18H,1-2,4H2,(H,12,16,17)/t6-,7-,10-/m1/s1. The fourth-order valence-corrected chi connectivity index (χ4v) is 2.09. The summed E-state index contributed by atoms with van der Waals surface area (Å²) in [6.07, 6.45) is -2.32. The molecule has 0 aromatic carbocycles. The van der Waals surface area contributed by atoms with E-state index in [1.54, 1.807) is 4.98 Å². The van der Waals surface area contributed by atoms with E-state index in [-0.39, 0.29) is 13.0 Å². The first-order chi connectivity index (χ1) is 8.91. The zero-order valence-corrected chi connectivity index (χ0v) is 9.74. The van der Waals surface area contributed by atoms with Gasteiger partial charge in [-0.3, -0.25) is 14.3 Å². The fourth-order valence-electron chi connectivity index (χ4n) is 2.09. The van der Waals surface area contributed by atoms with Crippen LogP contribution in [0.3, 0.4) is 0 Å². The summed E-state index contributed by atoms with van der Waals surface area (Å²) in [6.45, 7) is -0.629. The van der Waals surface area contributed by atoms with Crippen LogP contribution in [0.15, 0.2) is 15.8 Å². The number of rotatable bonds is 2. The van der Waals surface area contributed by atoms with Crippen LogP contribution in [0.5, 0.6) is 0 Å². The van der Waals surface area contributed by atoms with Crippen molar-refractivity contribution in [3.63, 3.8) is 0 Å². The Balaban J connectivity index is 2.62. The highest BCUT2D eigenvalue weighted by atomic mass is 19.1. The SMILES string of the molecule is O=c1[nH]c(=O)n([C@@]2(O)[C@H](O)CCO[C@@H]2CO)cc1F. The number of aliphatic hydroxyl groups excluding tert-OH is 2. The number of hydrogen-bond donors (Lipinski definition) is 4. The van der Waals surface area contributed by atoms with Gasteiger partial charge in [-0.1, -0.05) is 0 Å². The van der Waals surface area contributed by atoms with E-state index in [0.29, 0.717) is 10.8 Å². The van der Waals surface area contributed by atoms with E-state index in [9.17, 15) is 24.2 Å². The minimum absolute atomic E-state index is 0.0137. The van der Waals surface area contributed by atoms with Gasteiger partial charge in [-0.25, -0.2) is 4.79 Å². The van der Waals surface area contributed by atoms with Crippen LogP contribution in [0.25, 0.3) is 0 Å². The van der Waals surface area contributed by atoms with E-state index < -0.39 is 41.6 Å². The maximum Gasteiger partial charge on any atom is 0.331 e. The average Bonchev–Trinajstić information content (AvgIpc) is 2.37. The first-order valence-electron chi connectivity index (χ1n) is 5.56. The van der Waals surface area contributed by atoms with Gasteiger partial charge in [0.15, 0.2) is 0 Å². The maximum absolute atomic E-state index is 13.2. The smallest absolute Gasteiger partial charge is 0.331 e. The number of hydrogen-bond acceptors (Lipinski definition) is 6. The molecule has 0 amide bonds. The Kier molecular flexibility index (Phi) is 3.54. The average molecular weight is 276 g/mol. The molecule has 1 aliphatic rings. The molecule has 9 heteroatoms. The molecule has 2 heterocycles. The highest BCUT2D eigenvalue weighted by molar-refractivity contribution is 4.99. The van der Waals surface area contributed by atoms with Crippen molar-refractivity contribution in [3.05, 3.63) is 32.9 Å². The van der Waals surface area contributed by atoms with Crippen molar-refractivity contribution in [1.82, 2.24) is 9.55 Å². The number of nitrogens with zero attached hydrogens (tertiary/aromatic N) is 1. The third kappa shape index (κ3) is 2.10. The molecule has 106 valence electrons. The number of aromatic amines is 1. The molecule has 0 saturated carbocycles. The Labute approximate surface area is 105 Å². The highest BCUT2D eigenvalue weighted by Crippen LogP contribution is 2.29. The molecule has 0 bridgehead atoms. The van der Waals surface area contributed by atoms with Crippen LogP contribution < -0.4 is 11.2 Å². The summed E-state index contributed by atoms with van der Waals surface area (Å²) in [6, 6.07) is 0. The van der Waals surface area contributed by atoms with Gasteiger partial charge in [0.05, 0.1) is 12.8 Å². The molecule has 2 rings (SSSR count). The molecular formula is C10H13FN2O6. The number of H-pyrrole nitrogens is 1. The van der Waals surface area contributed by atoms with E-state index in [4.69, 9.17) is 9.84 Å². The molecule has 0 aliphatic carbocycles. The molecule has 4 N–H and O–H groups in total. The predicted octanol–water partition coefficient (Wildman–Crippen LogP) is -2.54. The third-order valence-electron chi connectivity index (χ3n) is 3.12. The predicted molar refractivity (Wildman–Crippen MR) is 58.9 cm³/mol. The highest BCUT2D eigenvalue weighted by Gasteiger charge is 2.49. The van der Waals surface area contributed by atoms with E-state index in [1.165, 1.54) is 0 Å². The van der Waals surface area contributed by atoms with E-state index in [1.807, 2.05) is 0 Å². The van der Waals surface area contributed by atoms with Crippen LogP contribution in [-0.2, 0) is 10.5 Å². The van der Waals surface area contributed by atoms with Gasteiger partial charge < -0.3 is 20.1 Å². The first kappa shape index (κ1) is 13.9. The second-order valence-corrected chi connectivity index (χ2v) is 4.24. The molecule has 8 nitrogen and oxygen atoms in total. The molecule has 1 aliphatic heterocycles. The summed E-state index contributed by atoms with van der Waals surface area (Å²) in [4.78, 5) is 24.2. The van der Waals surface area contributed by atoms with Crippen LogP contribution in [0.2, 0.25) is 0 Å². The lowest BCUT2D eigenvalue weighted by Crippen LogP contribution is -2.63. The molecule has 0 unspecified atom stereocenters. The minimum Gasteiger partial charge on any atom is -0.393 e. The van der Waals surface area contributed by atoms with Gasteiger partial charge in [-0.05, 0) is 0 Å². The Hall–Kier alpha value is -1.55. The quantitative estimate of drug-likeness (QED) is 0.472. The number of halogens is 1. The second kappa shape index (κ2) is 4.85. The third-order valence-corrected chi connectivity index (χ3v) is 3.12. The maximum atomic E-state index is 13.2. The lowest BCUT2D eigenvalue weighted by molar-refractivity contribution is -0.257. The van der Waals surface area contributed by atoms with Crippen LogP contribution in [0.4, 0.5) is 4.39 Å². The summed E-state index contributed by atoms with van der Waals surface area (Å²) < 4.78 is 18.7. The minimum atomic E-state index is -2.35. The summed E-state index contributed by atoms with van der Waals surface area (Å²) in [5.74, 6) is -1.30. The molecule has 1 aromatic heterocycles. The summed E-state index contributed by atoms with van der Waals surface area (Å²) in [5, 5.41) is 29.4. The van der Waals surface area contributed by atoms with Crippen molar-refractivity contribution < 1.29 is 24.4 Å². The van der Waals surface area contributed by atoms with Gasteiger partial charge in [0.25, 0.3) is 5.56 Å². The molecule has 0 spiro atoms. The molecule has 3 atom stereocenters. The Morgan fingerprint density at radius 3 is 2.89 bits per heavy atom. The molecule has 0 radical (unpaired) electrons. The van der Waals surface area contributed by atoms with Gasteiger partial charge in [0, 0.05) is 13.0 Å². The Bertz CT molecular complexity index is 584. The van der Waals surface area contributed by atoms with Crippen molar-refractivity contribution in [2.75, 3.05) is 13.2 Å². The van der Waals surface area contributed by atoms with Gasteiger partial charge in [0.1, 0.15) is 12.2 Å². The summed E-state index contributed by atoms with van der Waals surface area (Å²) in [5.41, 5.74) is -4.71. The fraction of sp³-hybridized carbons (Fsp3) is 0.600. The topological polar surface area (TPSA) is 125 Å². The lowest BCUT2D eigenvalue weighted by atomic mass is 9.94. The van der Waals surface area contributed by atoms with E-state index >= 15 is 0 Å². The summed E-state index contributed by atoms with van der Waals surface area (Å²) in [7, 11) is 0. The van der Waals surface area contributed by atoms with Crippen LogP contribution in [0, 0.1) is 5.82 Å². The van der Waals surface area contributed by atoms with E-state index in [2.05, 4.69) is 0 Å². The van der Waals surface area contributed by atoms with Crippen molar-refractivity contribution in [2.24, 2.45) is 0 Å². The molecular weight excluding hydrogens is 263 g/mol. The van der Waals surface area contributed by atoms with Crippen molar-refractivity contribution >= 4 is 0 Å². The van der Waals surface area contributed by atoms with Crippen molar-refractivity contribution in [3.8, 4) is 0 Å². The zero-order valence-electron chi connectivity index (χ0n) is 9.74. The molecule has 19 heavy (non-hydrogen) atoms. The number of ether oxygens (including phenoxy) is 1. The largest absolute Gasteiger partial charge is 0.393 e. The van der Waals surface area contributed by atoms with Crippen molar-refractivity contribution in [2.45, 2.75) is 24.4 Å². The Morgan fingerprint density at radius 1 is 1.58 bits per heavy atom. The van der Waals surface area contributed by atoms with Crippen LogP contribution in [-0.4, -0.2) is 50.3 Å². The van der Waals surface area contributed by atoms with Crippen LogP contribution >= 0.6 is 0 Å². The van der Waals surface area contributed by atoms with Crippen LogP contribution in [0.1, 0.15) is 6.42 Å². The Morgan fingerprint density at radius 2 is 2.26 bits per heavy atom. The lowest BCUT2D eigenvalue weighted by Gasteiger charge is -2.43. The number of aromatic nitrogens is 2. The van der Waals surface area contributed by atoms with E-state index in [0.717, 1.165) is 0 Å².